The molecule has 2 aromatic rings. The van der Waals surface area contributed by atoms with E-state index in [9.17, 15) is 4.79 Å². The van der Waals surface area contributed by atoms with Crippen molar-refractivity contribution in [2.45, 2.75) is 25.3 Å². The molecule has 130 valence electrons. The molecule has 2 unspecified atom stereocenters. The third kappa shape index (κ3) is 3.20. The van der Waals surface area contributed by atoms with Crippen LogP contribution in [0.15, 0.2) is 42.7 Å². The van der Waals surface area contributed by atoms with Crippen molar-refractivity contribution in [3.8, 4) is 0 Å². The summed E-state index contributed by atoms with van der Waals surface area (Å²) < 4.78 is 0. The molecule has 1 amide bonds. The van der Waals surface area contributed by atoms with Crippen molar-refractivity contribution < 1.29 is 4.79 Å². The molecule has 1 aliphatic heterocycles. The molecule has 6 nitrogen and oxygen atoms in total. The second-order valence-electron chi connectivity index (χ2n) is 6.65. The Labute approximate surface area is 147 Å². The highest BCUT2D eigenvalue weighted by Crippen LogP contribution is 2.39. The van der Waals surface area contributed by atoms with E-state index in [0.29, 0.717) is 5.82 Å². The van der Waals surface area contributed by atoms with Crippen LogP contribution in [0.4, 0.5) is 11.6 Å². The van der Waals surface area contributed by atoms with Gasteiger partial charge < -0.3 is 16.0 Å². The summed E-state index contributed by atoms with van der Waals surface area (Å²) in [5.41, 5.74) is 7.37. The number of hydrogen-bond acceptors (Lipinski definition) is 5. The number of carbonyl (C=O) groups excluding carboxylic acids is 1. The monoisotopic (exact) mass is 337 g/mol. The number of nitrogen functional groups attached to an aromatic ring is 1. The first-order valence-corrected chi connectivity index (χ1v) is 8.27. The number of nitrogens with zero attached hydrogens (tertiary/aromatic N) is 3. The molecule has 1 aliphatic rings. The minimum atomic E-state index is -0.190. The van der Waals surface area contributed by atoms with Gasteiger partial charge in [-0.3, -0.25) is 4.79 Å². The van der Waals surface area contributed by atoms with E-state index in [1.54, 1.807) is 35.5 Å². The molecule has 0 bridgehead atoms. The average molecular weight is 337 g/mol. The molecule has 0 saturated carbocycles. The first-order valence-electron chi connectivity index (χ1n) is 8.27. The Morgan fingerprint density at radius 3 is 2.92 bits per heavy atom. The van der Waals surface area contributed by atoms with Crippen LogP contribution < -0.4 is 11.1 Å². The van der Waals surface area contributed by atoms with Crippen molar-refractivity contribution in [2.24, 2.45) is 0 Å². The number of hydrogen-bond donors (Lipinski definition) is 2. The van der Waals surface area contributed by atoms with Gasteiger partial charge in [0, 0.05) is 49.1 Å². The maximum Gasteiger partial charge on any atom is 0.246 e. The van der Waals surface area contributed by atoms with Crippen LogP contribution in [0.5, 0.6) is 0 Å². The Hall–Kier alpha value is -2.89. The van der Waals surface area contributed by atoms with E-state index in [1.807, 2.05) is 19.2 Å². The number of nitrogens with two attached hydrogens (primary N) is 1. The SMILES string of the molecule is CC(N(C)C(=O)C=Cc1ccc(N)nc1)C1(C)CNc2ncccc21. The summed E-state index contributed by atoms with van der Waals surface area (Å²) >= 11 is 0. The second kappa shape index (κ2) is 6.55. The molecule has 0 aliphatic carbocycles. The Kier molecular flexibility index (Phi) is 4.44. The molecule has 2 atom stereocenters. The average Bonchev–Trinajstić information content (AvgIpc) is 2.98. The number of anilines is 2. The molecule has 2 aromatic heterocycles. The van der Waals surface area contributed by atoms with Crippen LogP contribution in [0.25, 0.3) is 6.08 Å². The summed E-state index contributed by atoms with van der Waals surface area (Å²) in [5, 5.41) is 3.34. The number of pyridine rings is 2. The van der Waals surface area contributed by atoms with Gasteiger partial charge in [0.05, 0.1) is 0 Å². The van der Waals surface area contributed by atoms with Gasteiger partial charge in [0.2, 0.25) is 5.91 Å². The van der Waals surface area contributed by atoms with E-state index in [0.717, 1.165) is 23.5 Å². The summed E-state index contributed by atoms with van der Waals surface area (Å²) in [5.74, 6) is 1.31. The summed E-state index contributed by atoms with van der Waals surface area (Å²) in [6, 6.07) is 7.57. The zero-order valence-electron chi connectivity index (χ0n) is 14.7. The number of nitrogens with one attached hydrogen (secondary N) is 1. The normalized spacial score (nSPS) is 20.1. The van der Waals surface area contributed by atoms with Crippen molar-refractivity contribution in [2.75, 3.05) is 24.6 Å². The molecule has 0 spiro atoms. The maximum atomic E-state index is 12.6. The number of fused-ring (bicyclic) bond motifs is 1. The van der Waals surface area contributed by atoms with Gasteiger partial charge in [-0.15, -0.1) is 0 Å². The third-order valence-electron chi connectivity index (χ3n) is 5.12. The molecule has 0 saturated heterocycles. The molecule has 3 rings (SSSR count). The lowest BCUT2D eigenvalue weighted by Crippen LogP contribution is -2.48. The standard InChI is InChI=1S/C19H23N5O/c1-13(19(2)12-23-18-15(19)5-4-10-21-18)24(3)17(25)9-7-14-6-8-16(20)22-11-14/h4-11,13H,12H2,1-3H3,(H2,20,22)(H,21,23). The Morgan fingerprint density at radius 2 is 2.20 bits per heavy atom. The fraction of sp³-hybridized carbons (Fsp3) is 0.316. The Bertz CT molecular complexity index is 802. The molecular weight excluding hydrogens is 314 g/mol. The highest BCUT2D eigenvalue weighted by atomic mass is 16.2. The molecule has 6 heteroatoms. The highest BCUT2D eigenvalue weighted by molar-refractivity contribution is 5.92. The van der Waals surface area contributed by atoms with E-state index in [1.165, 1.54) is 0 Å². The van der Waals surface area contributed by atoms with E-state index in [2.05, 4.69) is 35.2 Å². The van der Waals surface area contributed by atoms with Gasteiger partial charge in [0.25, 0.3) is 0 Å². The summed E-state index contributed by atoms with van der Waals surface area (Å²) in [7, 11) is 1.83. The van der Waals surface area contributed by atoms with E-state index >= 15 is 0 Å². The number of likely N-dealkylation sites (N-methyl/N-ethyl adjacent to an activating group) is 1. The zero-order chi connectivity index (χ0) is 18.0. The zero-order valence-corrected chi connectivity index (χ0v) is 14.7. The summed E-state index contributed by atoms with van der Waals surface area (Å²) in [6.45, 7) is 4.99. The van der Waals surface area contributed by atoms with E-state index in [4.69, 9.17) is 5.73 Å². The van der Waals surface area contributed by atoms with E-state index in [-0.39, 0.29) is 17.4 Å². The van der Waals surface area contributed by atoms with Crippen LogP contribution in [0.3, 0.4) is 0 Å². The van der Waals surface area contributed by atoms with Gasteiger partial charge in [0.15, 0.2) is 0 Å². The quantitative estimate of drug-likeness (QED) is 0.836. The molecule has 0 aromatic carbocycles. The number of rotatable bonds is 4. The van der Waals surface area contributed by atoms with Gasteiger partial charge >= 0.3 is 0 Å². The lowest BCUT2D eigenvalue weighted by molar-refractivity contribution is -0.127. The van der Waals surface area contributed by atoms with Crippen LogP contribution in [0.1, 0.15) is 25.0 Å². The smallest absolute Gasteiger partial charge is 0.246 e. The van der Waals surface area contributed by atoms with Gasteiger partial charge in [-0.05, 0) is 36.8 Å². The number of carbonyl (C=O) groups is 1. The fourth-order valence-corrected chi connectivity index (χ4v) is 3.16. The van der Waals surface area contributed by atoms with Crippen molar-refractivity contribution in [1.82, 2.24) is 14.9 Å². The topological polar surface area (TPSA) is 84.1 Å². The van der Waals surface area contributed by atoms with Crippen LogP contribution in [0, 0.1) is 0 Å². The minimum Gasteiger partial charge on any atom is -0.384 e. The van der Waals surface area contributed by atoms with Gasteiger partial charge in [-0.25, -0.2) is 9.97 Å². The van der Waals surface area contributed by atoms with Crippen molar-refractivity contribution in [3.05, 3.63) is 53.9 Å². The van der Waals surface area contributed by atoms with Crippen molar-refractivity contribution >= 4 is 23.6 Å². The maximum absolute atomic E-state index is 12.6. The Morgan fingerprint density at radius 1 is 1.40 bits per heavy atom. The van der Waals surface area contributed by atoms with Gasteiger partial charge in [-0.1, -0.05) is 13.0 Å². The van der Waals surface area contributed by atoms with Crippen LogP contribution >= 0.6 is 0 Å². The minimum absolute atomic E-state index is 0.00661. The lowest BCUT2D eigenvalue weighted by Gasteiger charge is -2.37. The largest absolute Gasteiger partial charge is 0.384 e. The molecule has 25 heavy (non-hydrogen) atoms. The number of aromatic nitrogens is 2. The third-order valence-corrected chi connectivity index (χ3v) is 5.12. The summed E-state index contributed by atoms with van der Waals surface area (Å²) in [6.07, 6.45) is 6.75. The van der Waals surface area contributed by atoms with Gasteiger partial charge in [0.1, 0.15) is 11.6 Å². The highest BCUT2D eigenvalue weighted by Gasteiger charge is 2.42. The fourth-order valence-electron chi connectivity index (χ4n) is 3.16. The van der Waals surface area contributed by atoms with Crippen molar-refractivity contribution in [1.29, 1.82) is 0 Å². The summed E-state index contributed by atoms with van der Waals surface area (Å²) in [4.78, 5) is 22.8. The second-order valence-corrected chi connectivity index (χ2v) is 6.65. The molecule has 3 N–H and O–H groups in total. The van der Waals surface area contributed by atoms with Crippen molar-refractivity contribution in [3.63, 3.8) is 0 Å². The Balaban J connectivity index is 1.75. The lowest BCUT2D eigenvalue weighted by atomic mass is 9.78. The molecule has 0 fully saturated rings. The van der Waals surface area contributed by atoms with Gasteiger partial charge in [-0.2, -0.15) is 0 Å². The van der Waals surface area contributed by atoms with Crippen LogP contribution in [0.2, 0.25) is 0 Å². The molecular formula is C19H23N5O. The molecule has 3 heterocycles. The molecule has 0 radical (unpaired) electrons. The first kappa shape index (κ1) is 17.0. The number of amides is 1. The van der Waals surface area contributed by atoms with Crippen LogP contribution in [-0.2, 0) is 10.2 Å². The first-order chi connectivity index (χ1) is 11.9. The van der Waals surface area contributed by atoms with Crippen LogP contribution in [-0.4, -0.2) is 40.4 Å². The predicted molar refractivity (Wildman–Crippen MR) is 100.0 cm³/mol. The van der Waals surface area contributed by atoms with E-state index < -0.39 is 0 Å². The predicted octanol–water partition coefficient (Wildman–Crippen LogP) is 2.30.